The predicted octanol–water partition coefficient (Wildman–Crippen LogP) is 10.6. The average molecular weight is 539 g/mol. The Balaban J connectivity index is 1.58. The van der Waals surface area contributed by atoms with Crippen molar-refractivity contribution >= 4 is 11.4 Å². The highest BCUT2D eigenvalue weighted by molar-refractivity contribution is 5.79. The molecule has 5 aromatic rings. The van der Waals surface area contributed by atoms with Crippen molar-refractivity contribution in [3.63, 3.8) is 0 Å². The van der Waals surface area contributed by atoms with Gasteiger partial charge in [0, 0.05) is 22.5 Å². The maximum absolute atomic E-state index is 5.30. The summed E-state index contributed by atoms with van der Waals surface area (Å²) < 4.78 is 0. The average Bonchev–Trinajstić information content (AvgIpc) is 3.04. The van der Waals surface area contributed by atoms with Crippen LogP contribution in [0.15, 0.2) is 97.1 Å². The van der Waals surface area contributed by atoms with Crippen molar-refractivity contribution in [2.75, 3.05) is 5.32 Å². The van der Waals surface area contributed by atoms with E-state index in [1.165, 1.54) is 50.1 Å². The fourth-order valence-electron chi connectivity index (χ4n) is 5.53. The normalized spacial score (nSPS) is 11.0. The number of nitrogens with one attached hydrogen (secondary N) is 1. The molecule has 0 amide bonds. The van der Waals surface area contributed by atoms with E-state index in [1.54, 1.807) is 0 Å². The highest BCUT2D eigenvalue weighted by Gasteiger charge is 2.14. The Bertz CT molecular complexity index is 1540. The summed E-state index contributed by atoms with van der Waals surface area (Å²) in [4.78, 5) is 5.30. The molecule has 1 heterocycles. The Morgan fingerprint density at radius 1 is 0.439 bits per heavy atom. The number of aryl methyl sites for hydroxylation is 5. The second kappa shape index (κ2) is 13.0. The maximum atomic E-state index is 5.30. The van der Waals surface area contributed by atoms with Crippen molar-refractivity contribution in [3.8, 4) is 33.6 Å². The van der Waals surface area contributed by atoms with Gasteiger partial charge >= 0.3 is 0 Å². The zero-order chi connectivity index (χ0) is 28.8. The van der Waals surface area contributed by atoms with Gasteiger partial charge in [-0.2, -0.15) is 0 Å². The van der Waals surface area contributed by atoms with Crippen LogP contribution in [-0.4, -0.2) is 4.98 Å². The smallest absolute Gasteiger partial charge is 0.0718 e. The number of nitrogens with zero attached hydrogens (tertiary/aromatic N) is 1. The number of anilines is 2. The molecule has 2 heteroatoms. The van der Waals surface area contributed by atoms with Gasteiger partial charge in [0.2, 0.25) is 0 Å². The number of aromatic nitrogens is 1. The molecule has 2 nitrogen and oxygen atoms in total. The standard InChI is InChI=1S/C39H42N2/c1-6-27-11-17-34(18-12-27)40-35-19-15-32(16-20-35)33-25-38(36-21-13-28(7-2)23-30(36)9-4)41-39(26-33)37-22-14-29(8-3)24-31(37)10-5/h11-26,40H,6-10H2,1-5H3. The zero-order valence-corrected chi connectivity index (χ0v) is 25.2. The maximum Gasteiger partial charge on any atom is 0.0718 e. The van der Waals surface area contributed by atoms with Crippen molar-refractivity contribution in [3.05, 3.63) is 125 Å². The lowest BCUT2D eigenvalue weighted by molar-refractivity contribution is 1.08. The molecule has 0 radical (unpaired) electrons. The first-order valence-corrected chi connectivity index (χ1v) is 15.3. The molecule has 0 saturated heterocycles. The Hall–Kier alpha value is -4.17. The van der Waals surface area contributed by atoms with Gasteiger partial charge in [-0.15, -0.1) is 0 Å². The third-order valence-corrected chi connectivity index (χ3v) is 8.16. The molecule has 1 N–H and O–H groups in total. The predicted molar refractivity (Wildman–Crippen MR) is 177 cm³/mol. The van der Waals surface area contributed by atoms with Crippen LogP contribution >= 0.6 is 0 Å². The number of rotatable bonds is 10. The molecule has 0 atom stereocenters. The van der Waals surface area contributed by atoms with Crippen LogP contribution in [0.3, 0.4) is 0 Å². The molecule has 5 rings (SSSR count). The number of pyridine rings is 1. The Morgan fingerprint density at radius 2 is 0.878 bits per heavy atom. The van der Waals surface area contributed by atoms with Crippen LogP contribution in [0.2, 0.25) is 0 Å². The molecule has 1 aromatic heterocycles. The molecule has 4 aromatic carbocycles. The van der Waals surface area contributed by atoms with Crippen LogP contribution in [0.5, 0.6) is 0 Å². The molecule has 0 aliphatic rings. The molecular formula is C39H42N2. The monoisotopic (exact) mass is 538 g/mol. The Kier molecular flexibility index (Phi) is 8.99. The number of hydrogen-bond acceptors (Lipinski definition) is 2. The van der Waals surface area contributed by atoms with Gasteiger partial charge in [-0.25, -0.2) is 4.98 Å². The van der Waals surface area contributed by atoms with Crippen molar-refractivity contribution in [2.24, 2.45) is 0 Å². The molecule has 0 bridgehead atoms. The fraction of sp³-hybridized carbons (Fsp3) is 0.256. The molecule has 41 heavy (non-hydrogen) atoms. The first kappa shape index (κ1) is 28.4. The van der Waals surface area contributed by atoms with Crippen LogP contribution in [0.1, 0.15) is 62.4 Å². The first-order chi connectivity index (χ1) is 20.0. The van der Waals surface area contributed by atoms with E-state index in [9.17, 15) is 0 Å². The zero-order valence-electron chi connectivity index (χ0n) is 25.2. The van der Waals surface area contributed by atoms with Gasteiger partial charge in [-0.3, -0.25) is 0 Å². The second-order valence-electron chi connectivity index (χ2n) is 10.8. The van der Waals surface area contributed by atoms with E-state index in [0.29, 0.717) is 0 Å². The molecule has 0 unspecified atom stereocenters. The van der Waals surface area contributed by atoms with E-state index in [4.69, 9.17) is 4.98 Å². The highest BCUT2D eigenvalue weighted by Crippen LogP contribution is 2.34. The molecule has 0 spiro atoms. The van der Waals surface area contributed by atoms with E-state index in [-0.39, 0.29) is 0 Å². The van der Waals surface area contributed by atoms with Crippen LogP contribution in [-0.2, 0) is 32.1 Å². The lowest BCUT2D eigenvalue weighted by Crippen LogP contribution is -1.98. The van der Waals surface area contributed by atoms with E-state index in [1.807, 2.05) is 0 Å². The molecule has 0 aliphatic carbocycles. The fourth-order valence-corrected chi connectivity index (χ4v) is 5.53. The van der Waals surface area contributed by atoms with Crippen LogP contribution in [0, 0.1) is 0 Å². The Labute approximate surface area is 246 Å². The van der Waals surface area contributed by atoms with Crippen molar-refractivity contribution in [1.82, 2.24) is 4.98 Å². The molecule has 0 aliphatic heterocycles. The van der Waals surface area contributed by atoms with Gasteiger partial charge in [-0.05, 0) is 107 Å². The van der Waals surface area contributed by atoms with Gasteiger partial charge in [0.1, 0.15) is 0 Å². The quantitative estimate of drug-likeness (QED) is 0.191. The first-order valence-electron chi connectivity index (χ1n) is 15.3. The van der Waals surface area contributed by atoms with Gasteiger partial charge < -0.3 is 5.32 Å². The highest BCUT2D eigenvalue weighted by atomic mass is 14.9. The minimum Gasteiger partial charge on any atom is -0.356 e. The molecular weight excluding hydrogens is 496 g/mol. The lowest BCUT2D eigenvalue weighted by atomic mass is 9.93. The van der Waals surface area contributed by atoms with E-state index >= 15 is 0 Å². The number of hydrogen-bond donors (Lipinski definition) is 1. The second-order valence-corrected chi connectivity index (χ2v) is 10.8. The summed E-state index contributed by atoms with van der Waals surface area (Å²) >= 11 is 0. The summed E-state index contributed by atoms with van der Waals surface area (Å²) in [5.74, 6) is 0. The van der Waals surface area contributed by atoms with Crippen molar-refractivity contribution < 1.29 is 0 Å². The SMILES string of the molecule is CCc1ccc(Nc2ccc(-c3cc(-c4ccc(CC)cc4CC)nc(-c4ccc(CC)cc4CC)c3)cc2)cc1. The summed E-state index contributed by atoms with van der Waals surface area (Å²) in [6.07, 6.45) is 5.10. The topological polar surface area (TPSA) is 24.9 Å². The van der Waals surface area contributed by atoms with E-state index in [0.717, 1.165) is 54.9 Å². The van der Waals surface area contributed by atoms with Gasteiger partial charge in [0.15, 0.2) is 0 Å². The molecule has 0 saturated carbocycles. The Morgan fingerprint density at radius 3 is 1.32 bits per heavy atom. The van der Waals surface area contributed by atoms with Gasteiger partial charge in [0.05, 0.1) is 11.4 Å². The van der Waals surface area contributed by atoms with E-state index < -0.39 is 0 Å². The summed E-state index contributed by atoms with van der Waals surface area (Å²) in [6.45, 7) is 11.1. The minimum atomic E-state index is 0.982. The van der Waals surface area contributed by atoms with Crippen molar-refractivity contribution in [1.29, 1.82) is 0 Å². The van der Waals surface area contributed by atoms with Gasteiger partial charge in [-0.1, -0.05) is 95.3 Å². The summed E-state index contributed by atoms with van der Waals surface area (Å²) in [6, 6.07) is 35.7. The molecule has 0 fully saturated rings. The van der Waals surface area contributed by atoms with Crippen LogP contribution < -0.4 is 5.32 Å². The summed E-state index contributed by atoms with van der Waals surface area (Å²) in [5, 5.41) is 3.55. The van der Waals surface area contributed by atoms with Crippen LogP contribution in [0.4, 0.5) is 11.4 Å². The van der Waals surface area contributed by atoms with Crippen LogP contribution in [0.25, 0.3) is 33.6 Å². The number of benzene rings is 4. The summed E-state index contributed by atoms with van der Waals surface area (Å²) in [7, 11) is 0. The molecule has 208 valence electrons. The van der Waals surface area contributed by atoms with Crippen molar-refractivity contribution in [2.45, 2.75) is 66.7 Å². The largest absolute Gasteiger partial charge is 0.356 e. The minimum absolute atomic E-state index is 0.982. The lowest BCUT2D eigenvalue weighted by Gasteiger charge is -2.16. The summed E-state index contributed by atoms with van der Waals surface area (Å²) in [5.41, 5.74) is 15.9. The third kappa shape index (κ3) is 6.43. The van der Waals surface area contributed by atoms with Gasteiger partial charge in [0.25, 0.3) is 0 Å². The third-order valence-electron chi connectivity index (χ3n) is 8.16. The van der Waals surface area contributed by atoms with E-state index in [2.05, 4.69) is 137 Å².